The number of nitrogens with two attached hydrogens (primary N) is 1. The molecule has 0 atom stereocenters. The maximum atomic E-state index is 12.5. The summed E-state index contributed by atoms with van der Waals surface area (Å²) < 4.78 is 41.3. The van der Waals surface area contributed by atoms with Gasteiger partial charge in [0.25, 0.3) is 5.56 Å². The Morgan fingerprint density at radius 1 is 1.18 bits per heavy atom. The normalized spacial score (nSPS) is 11.6. The molecular formula is C19H19F3N4O2. The van der Waals surface area contributed by atoms with Crippen LogP contribution in [0.2, 0.25) is 0 Å². The molecule has 0 amide bonds. The second-order valence-corrected chi connectivity index (χ2v) is 6.18. The minimum Gasteiger partial charge on any atom is -0.406 e. The van der Waals surface area contributed by atoms with Gasteiger partial charge in [0, 0.05) is 23.6 Å². The van der Waals surface area contributed by atoms with Crippen LogP contribution in [-0.2, 0) is 6.42 Å². The SMILES string of the molecule is NCCCCc1cc2cc[nH]c(=O)c2c(Nc2cccc(OC(F)(F)F)c2)n1. The van der Waals surface area contributed by atoms with Gasteiger partial charge in [-0.15, -0.1) is 13.2 Å². The molecule has 1 aromatic carbocycles. The number of ether oxygens (including phenoxy) is 1. The Balaban J connectivity index is 1.97. The summed E-state index contributed by atoms with van der Waals surface area (Å²) in [6.45, 7) is 0.574. The maximum Gasteiger partial charge on any atom is 0.573 e. The fourth-order valence-corrected chi connectivity index (χ4v) is 2.85. The van der Waals surface area contributed by atoms with Gasteiger partial charge >= 0.3 is 6.36 Å². The first-order valence-corrected chi connectivity index (χ1v) is 8.70. The summed E-state index contributed by atoms with van der Waals surface area (Å²) in [6, 6.07) is 8.95. The topological polar surface area (TPSA) is 93.0 Å². The zero-order valence-electron chi connectivity index (χ0n) is 14.8. The highest BCUT2D eigenvalue weighted by Gasteiger charge is 2.31. The lowest BCUT2D eigenvalue weighted by molar-refractivity contribution is -0.274. The molecule has 0 aliphatic carbocycles. The van der Waals surface area contributed by atoms with E-state index < -0.39 is 6.36 Å². The van der Waals surface area contributed by atoms with E-state index in [9.17, 15) is 18.0 Å². The summed E-state index contributed by atoms with van der Waals surface area (Å²) in [4.78, 5) is 19.4. The van der Waals surface area contributed by atoms with Gasteiger partial charge in [-0.25, -0.2) is 4.98 Å². The number of aromatic nitrogens is 2. The van der Waals surface area contributed by atoms with Crippen molar-refractivity contribution in [2.75, 3.05) is 11.9 Å². The molecule has 0 saturated carbocycles. The fraction of sp³-hybridized carbons (Fsp3) is 0.263. The number of pyridine rings is 2. The molecule has 28 heavy (non-hydrogen) atoms. The minimum absolute atomic E-state index is 0.270. The largest absolute Gasteiger partial charge is 0.573 e. The van der Waals surface area contributed by atoms with Crippen LogP contribution in [0.15, 0.2) is 47.4 Å². The highest BCUT2D eigenvalue weighted by Crippen LogP contribution is 2.28. The second-order valence-electron chi connectivity index (χ2n) is 6.18. The summed E-state index contributed by atoms with van der Waals surface area (Å²) >= 11 is 0. The first-order valence-electron chi connectivity index (χ1n) is 8.70. The van der Waals surface area contributed by atoms with Crippen LogP contribution in [0.25, 0.3) is 10.8 Å². The van der Waals surface area contributed by atoms with Crippen molar-refractivity contribution in [1.29, 1.82) is 0 Å². The molecule has 0 unspecified atom stereocenters. The molecule has 0 spiro atoms. The Morgan fingerprint density at radius 2 is 2.00 bits per heavy atom. The molecular weight excluding hydrogens is 373 g/mol. The molecule has 0 radical (unpaired) electrons. The van der Waals surface area contributed by atoms with Crippen molar-refractivity contribution in [3.63, 3.8) is 0 Å². The Kier molecular flexibility index (Phi) is 5.84. The van der Waals surface area contributed by atoms with Gasteiger partial charge < -0.3 is 20.8 Å². The molecule has 2 heterocycles. The predicted molar refractivity (Wildman–Crippen MR) is 101 cm³/mol. The fourth-order valence-electron chi connectivity index (χ4n) is 2.85. The van der Waals surface area contributed by atoms with Crippen molar-refractivity contribution in [1.82, 2.24) is 9.97 Å². The first-order chi connectivity index (χ1) is 13.4. The van der Waals surface area contributed by atoms with Crippen molar-refractivity contribution < 1.29 is 17.9 Å². The van der Waals surface area contributed by atoms with E-state index in [2.05, 4.69) is 20.0 Å². The number of halogens is 3. The molecule has 2 aromatic heterocycles. The van der Waals surface area contributed by atoms with E-state index in [0.29, 0.717) is 29.4 Å². The van der Waals surface area contributed by atoms with Crippen molar-refractivity contribution in [2.45, 2.75) is 25.6 Å². The quantitative estimate of drug-likeness (QED) is 0.531. The van der Waals surface area contributed by atoms with E-state index in [0.717, 1.165) is 18.5 Å². The second kappa shape index (κ2) is 8.30. The highest BCUT2D eigenvalue weighted by atomic mass is 19.4. The van der Waals surface area contributed by atoms with Crippen LogP contribution >= 0.6 is 0 Å². The molecule has 6 nitrogen and oxygen atoms in total. The van der Waals surface area contributed by atoms with Crippen molar-refractivity contribution in [2.24, 2.45) is 5.73 Å². The maximum absolute atomic E-state index is 12.5. The number of nitrogens with zero attached hydrogens (tertiary/aromatic N) is 1. The van der Waals surface area contributed by atoms with E-state index in [-0.39, 0.29) is 17.1 Å². The van der Waals surface area contributed by atoms with E-state index in [1.165, 1.54) is 24.4 Å². The number of alkyl halides is 3. The van der Waals surface area contributed by atoms with Crippen LogP contribution in [0, 0.1) is 0 Å². The molecule has 0 saturated heterocycles. The molecule has 4 N–H and O–H groups in total. The van der Waals surface area contributed by atoms with Crippen molar-refractivity contribution in [3.8, 4) is 5.75 Å². The van der Waals surface area contributed by atoms with Crippen LogP contribution in [0.5, 0.6) is 5.75 Å². The smallest absolute Gasteiger partial charge is 0.406 e. The molecule has 0 aliphatic rings. The third-order valence-corrected chi connectivity index (χ3v) is 4.02. The number of hydrogen-bond acceptors (Lipinski definition) is 5. The number of anilines is 2. The lowest BCUT2D eigenvalue weighted by Gasteiger charge is -2.13. The summed E-state index contributed by atoms with van der Waals surface area (Å²) in [6.07, 6.45) is -0.896. The van der Waals surface area contributed by atoms with Crippen LogP contribution in [0.3, 0.4) is 0 Å². The standard InChI is InChI=1S/C19H19F3N4O2/c20-19(21,22)28-15-6-3-5-14(11-15)26-17-16-12(7-9-24-18(16)27)10-13(25-17)4-1-2-8-23/h3,5-7,9-11H,1-2,4,8,23H2,(H,24,27)(H,25,26). The number of benzene rings is 1. The number of fused-ring (bicyclic) bond motifs is 1. The average Bonchev–Trinajstić information content (AvgIpc) is 2.61. The van der Waals surface area contributed by atoms with Gasteiger partial charge in [0.1, 0.15) is 11.6 Å². The van der Waals surface area contributed by atoms with Crippen LogP contribution in [-0.4, -0.2) is 22.9 Å². The molecule has 3 rings (SSSR count). The zero-order chi connectivity index (χ0) is 20.1. The molecule has 3 aromatic rings. The van der Waals surface area contributed by atoms with Crippen LogP contribution in [0.1, 0.15) is 18.5 Å². The summed E-state index contributed by atoms with van der Waals surface area (Å²) in [7, 11) is 0. The number of H-pyrrole nitrogens is 1. The van der Waals surface area contributed by atoms with Gasteiger partial charge in [-0.05, 0) is 55.5 Å². The molecule has 148 valence electrons. The third-order valence-electron chi connectivity index (χ3n) is 4.02. The van der Waals surface area contributed by atoms with Gasteiger partial charge in [0.15, 0.2) is 0 Å². The van der Waals surface area contributed by atoms with Gasteiger partial charge in [-0.3, -0.25) is 4.79 Å². The zero-order valence-corrected chi connectivity index (χ0v) is 14.8. The first kappa shape index (κ1) is 19.7. The van der Waals surface area contributed by atoms with Gasteiger partial charge in [0.2, 0.25) is 0 Å². The predicted octanol–water partition coefficient (Wildman–Crippen LogP) is 3.85. The van der Waals surface area contributed by atoms with Gasteiger partial charge in [-0.1, -0.05) is 6.07 Å². The lowest BCUT2D eigenvalue weighted by Crippen LogP contribution is -2.17. The Morgan fingerprint density at radius 3 is 2.75 bits per heavy atom. The highest BCUT2D eigenvalue weighted by molar-refractivity contribution is 5.92. The number of aromatic amines is 1. The molecule has 0 aliphatic heterocycles. The number of nitrogens with one attached hydrogen (secondary N) is 2. The molecule has 0 fully saturated rings. The minimum atomic E-state index is -4.79. The Bertz CT molecular complexity index is 1020. The monoisotopic (exact) mass is 392 g/mol. The summed E-state index contributed by atoms with van der Waals surface area (Å²) in [5.41, 5.74) is 6.26. The van der Waals surface area contributed by atoms with Crippen molar-refractivity contribution >= 4 is 22.3 Å². The average molecular weight is 392 g/mol. The van der Waals surface area contributed by atoms with Crippen molar-refractivity contribution in [3.05, 3.63) is 58.6 Å². The number of aryl methyl sites for hydroxylation is 1. The van der Waals surface area contributed by atoms with E-state index >= 15 is 0 Å². The van der Waals surface area contributed by atoms with E-state index in [4.69, 9.17) is 5.73 Å². The molecule has 0 bridgehead atoms. The van der Waals surface area contributed by atoms with Crippen LogP contribution in [0.4, 0.5) is 24.7 Å². The van der Waals surface area contributed by atoms with E-state index in [1.54, 1.807) is 12.1 Å². The molecule has 9 heteroatoms. The van der Waals surface area contributed by atoms with Gasteiger partial charge in [0.05, 0.1) is 5.39 Å². The summed E-state index contributed by atoms with van der Waals surface area (Å²) in [5.74, 6) is -0.0962. The van der Waals surface area contributed by atoms with E-state index in [1.807, 2.05) is 6.07 Å². The third kappa shape index (κ3) is 5.01. The number of unbranched alkanes of at least 4 members (excludes halogenated alkanes) is 1. The lowest BCUT2D eigenvalue weighted by atomic mass is 10.1. The summed E-state index contributed by atoms with van der Waals surface area (Å²) in [5, 5.41) is 3.95. The van der Waals surface area contributed by atoms with Crippen LogP contribution < -0.4 is 21.3 Å². The van der Waals surface area contributed by atoms with Gasteiger partial charge in [-0.2, -0.15) is 0 Å². The number of rotatable bonds is 7. The number of hydrogen-bond donors (Lipinski definition) is 3. The Hall–Kier alpha value is -3.07. The Labute approximate surface area is 158 Å².